The molecule has 1 aliphatic carbocycles. The van der Waals surface area contributed by atoms with Crippen LogP contribution in [0.5, 0.6) is 0 Å². The van der Waals surface area contributed by atoms with E-state index in [9.17, 15) is 9.59 Å². The SMILES string of the molecule is O=C(N1CCCCC1)C1(C(=O)N2CCC3(CC2)OCCO3)CC1. The molecule has 3 aliphatic heterocycles. The lowest BCUT2D eigenvalue weighted by Crippen LogP contribution is -2.53. The highest BCUT2D eigenvalue weighted by Crippen LogP contribution is 2.50. The summed E-state index contributed by atoms with van der Waals surface area (Å²) in [5.41, 5.74) is -0.737. The van der Waals surface area contributed by atoms with E-state index in [0.29, 0.717) is 39.1 Å². The van der Waals surface area contributed by atoms with Crippen molar-refractivity contribution in [2.45, 2.75) is 50.7 Å². The summed E-state index contributed by atoms with van der Waals surface area (Å²) in [6.07, 6.45) is 6.19. The summed E-state index contributed by atoms with van der Waals surface area (Å²) in [5.74, 6) is -0.346. The highest BCUT2D eigenvalue weighted by atomic mass is 16.7. The van der Waals surface area contributed by atoms with Crippen LogP contribution in [-0.2, 0) is 19.1 Å². The number of rotatable bonds is 2. The van der Waals surface area contributed by atoms with Gasteiger partial charge >= 0.3 is 0 Å². The van der Waals surface area contributed by atoms with Crippen molar-refractivity contribution in [1.29, 1.82) is 0 Å². The summed E-state index contributed by atoms with van der Waals surface area (Å²) in [6, 6.07) is 0. The van der Waals surface area contributed by atoms with E-state index in [1.165, 1.54) is 6.42 Å². The molecule has 6 heteroatoms. The van der Waals surface area contributed by atoms with Gasteiger partial charge in [0.05, 0.1) is 13.2 Å². The fourth-order valence-electron chi connectivity index (χ4n) is 4.18. The van der Waals surface area contributed by atoms with E-state index in [2.05, 4.69) is 0 Å². The molecule has 0 radical (unpaired) electrons. The van der Waals surface area contributed by atoms with Crippen LogP contribution in [0.1, 0.15) is 44.9 Å². The fourth-order valence-corrected chi connectivity index (χ4v) is 4.18. The molecule has 4 aliphatic rings. The molecule has 0 N–H and O–H groups in total. The lowest BCUT2D eigenvalue weighted by atomic mass is 9.97. The number of ether oxygens (including phenoxy) is 2. The minimum Gasteiger partial charge on any atom is -0.347 e. The first-order valence-electron chi connectivity index (χ1n) is 9.02. The summed E-state index contributed by atoms with van der Waals surface area (Å²) in [4.78, 5) is 29.6. The number of carbonyl (C=O) groups is 2. The summed E-state index contributed by atoms with van der Waals surface area (Å²) in [7, 11) is 0. The number of hydrogen-bond acceptors (Lipinski definition) is 4. The molecule has 0 aromatic heterocycles. The number of piperidine rings is 2. The van der Waals surface area contributed by atoms with Gasteiger partial charge in [0.2, 0.25) is 11.8 Å². The molecule has 4 rings (SSSR count). The predicted molar refractivity (Wildman–Crippen MR) is 82.5 cm³/mol. The van der Waals surface area contributed by atoms with Crippen LogP contribution in [0.4, 0.5) is 0 Å². The van der Waals surface area contributed by atoms with Crippen molar-refractivity contribution in [3.63, 3.8) is 0 Å². The van der Waals surface area contributed by atoms with Crippen LogP contribution >= 0.6 is 0 Å². The molecule has 0 aromatic rings. The number of amides is 2. The van der Waals surface area contributed by atoms with Crippen molar-refractivity contribution in [3.05, 3.63) is 0 Å². The topological polar surface area (TPSA) is 59.1 Å². The average molecular weight is 322 g/mol. The molecule has 3 saturated heterocycles. The molecule has 128 valence electrons. The van der Waals surface area contributed by atoms with Gasteiger partial charge in [-0.2, -0.15) is 0 Å². The van der Waals surface area contributed by atoms with Crippen molar-refractivity contribution >= 4 is 11.8 Å². The Morgan fingerprint density at radius 2 is 1.22 bits per heavy atom. The van der Waals surface area contributed by atoms with Crippen LogP contribution in [0.25, 0.3) is 0 Å². The van der Waals surface area contributed by atoms with Gasteiger partial charge in [-0.25, -0.2) is 0 Å². The maximum Gasteiger partial charge on any atom is 0.238 e. The smallest absolute Gasteiger partial charge is 0.238 e. The van der Waals surface area contributed by atoms with Crippen LogP contribution in [0.2, 0.25) is 0 Å². The molecule has 4 fully saturated rings. The predicted octanol–water partition coefficient (Wildman–Crippen LogP) is 1.14. The van der Waals surface area contributed by atoms with Crippen molar-refractivity contribution in [3.8, 4) is 0 Å². The van der Waals surface area contributed by atoms with Gasteiger partial charge in [0.25, 0.3) is 0 Å². The lowest BCUT2D eigenvalue weighted by molar-refractivity contribution is -0.189. The normalized spacial score (nSPS) is 28.9. The first kappa shape index (κ1) is 15.4. The molecular weight excluding hydrogens is 296 g/mol. The van der Waals surface area contributed by atoms with Gasteiger partial charge in [0, 0.05) is 39.0 Å². The largest absolute Gasteiger partial charge is 0.347 e. The minimum absolute atomic E-state index is 0.0425. The van der Waals surface area contributed by atoms with Gasteiger partial charge < -0.3 is 19.3 Å². The summed E-state index contributed by atoms with van der Waals surface area (Å²) < 4.78 is 11.4. The van der Waals surface area contributed by atoms with E-state index < -0.39 is 11.2 Å². The molecular formula is C17H26N2O4. The molecule has 0 bridgehead atoms. The second-order valence-corrected chi connectivity index (χ2v) is 7.33. The van der Waals surface area contributed by atoms with E-state index in [1.54, 1.807) is 0 Å². The van der Waals surface area contributed by atoms with Gasteiger partial charge in [-0.1, -0.05) is 0 Å². The number of hydrogen-bond donors (Lipinski definition) is 0. The molecule has 1 saturated carbocycles. The number of carbonyl (C=O) groups excluding carboxylic acids is 2. The zero-order chi connectivity index (χ0) is 15.9. The minimum atomic E-state index is -0.737. The Morgan fingerprint density at radius 3 is 1.74 bits per heavy atom. The van der Waals surface area contributed by atoms with Crippen LogP contribution in [0, 0.1) is 5.41 Å². The molecule has 3 heterocycles. The third-order valence-corrected chi connectivity index (χ3v) is 5.84. The molecule has 2 amide bonds. The Hall–Kier alpha value is -1.14. The lowest BCUT2D eigenvalue weighted by Gasteiger charge is -2.39. The Bertz CT molecular complexity index is 481. The highest BCUT2D eigenvalue weighted by Gasteiger charge is 2.60. The van der Waals surface area contributed by atoms with Gasteiger partial charge in [-0.3, -0.25) is 9.59 Å². The van der Waals surface area contributed by atoms with Gasteiger partial charge in [0.15, 0.2) is 5.79 Å². The maximum atomic E-state index is 13.0. The van der Waals surface area contributed by atoms with Crippen molar-refractivity contribution in [2.75, 3.05) is 39.4 Å². The molecule has 0 aromatic carbocycles. The second-order valence-electron chi connectivity index (χ2n) is 7.33. The van der Waals surface area contributed by atoms with Crippen molar-refractivity contribution in [2.24, 2.45) is 5.41 Å². The molecule has 23 heavy (non-hydrogen) atoms. The van der Waals surface area contributed by atoms with E-state index in [4.69, 9.17) is 9.47 Å². The van der Waals surface area contributed by atoms with E-state index >= 15 is 0 Å². The number of likely N-dealkylation sites (tertiary alicyclic amines) is 2. The van der Waals surface area contributed by atoms with Crippen LogP contribution in [-0.4, -0.2) is 66.8 Å². The third kappa shape index (κ3) is 2.66. The monoisotopic (exact) mass is 322 g/mol. The maximum absolute atomic E-state index is 13.0. The highest BCUT2D eigenvalue weighted by molar-refractivity contribution is 6.07. The summed E-state index contributed by atoms with van der Waals surface area (Å²) in [5, 5.41) is 0. The summed E-state index contributed by atoms with van der Waals surface area (Å²) >= 11 is 0. The van der Waals surface area contributed by atoms with Crippen molar-refractivity contribution in [1.82, 2.24) is 9.80 Å². The van der Waals surface area contributed by atoms with E-state index in [-0.39, 0.29) is 11.8 Å². The first-order valence-corrected chi connectivity index (χ1v) is 9.02. The van der Waals surface area contributed by atoms with Gasteiger partial charge in [-0.15, -0.1) is 0 Å². The van der Waals surface area contributed by atoms with E-state index in [0.717, 1.165) is 38.8 Å². The first-order chi connectivity index (χ1) is 11.2. The molecule has 1 spiro atoms. The Balaban J connectivity index is 1.39. The van der Waals surface area contributed by atoms with Gasteiger partial charge in [0.1, 0.15) is 5.41 Å². The zero-order valence-electron chi connectivity index (χ0n) is 13.7. The Kier molecular flexibility index (Phi) is 3.84. The zero-order valence-corrected chi connectivity index (χ0v) is 13.7. The molecule has 6 nitrogen and oxygen atoms in total. The van der Waals surface area contributed by atoms with Crippen molar-refractivity contribution < 1.29 is 19.1 Å². The molecule has 0 unspecified atom stereocenters. The average Bonchev–Trinajstić information content (AvgIpc) is 3.30. The molecule has 0 atom stereocenters. The second kappa shape index (κ2) is 5.74. The van der Waals surface area contributed by atoms with Crippen LogP contribution in [0.15, 0.2) is 0 Å². The summed E-state index contributed by atoms with van der Waals surface area (Å²) in [6.45, 7) is 4.19. The fraction of sp³-hybridized carbons (Fsp3) is 0.882. The van der Waals surface area contributed by atoms with Crippen LogP contribution in [0.3, 0.4) is 0 Å². The van der Waals surface area contributed by atoms with Crippen LogP contribution < -0.4 is 0 Å². The Labute approximate surface area is 137 Å². The third-order valence-electron chi connectivity index (χ3n) is 5.84. The number of nitrogens with zero attached hydrogens (tertiary/aromatic N) is 2. The van der Waals surface area contributed by atoms with E-state index in [1.807, 2.05) is 9.80 Å². The quantitative estimate of drug-likeness (QED) is 0.716. The standard InChI is InChI=1S/C17H26N2O4/c20-14(18-8-2-1-3-9-18)16(4-5-16)15(21)19-10-6-17(7-11-19)22-12-13-23-17/h1-13H2. The Morgan fingerprint density at radius 1 is 0.696 bits per heavy atom. The van der Waals surface area contributed by atoms with Gasteiger partial charge in [-0.05, 0) is 32.1 Å².